The molecule has 5 nitrogen and oxygen atoms in total. The van der Waals surface area contributed by atoms with E-state index in [1.165, 1.54) is 0 Å². The van der Waals surface area contributed by atoms with E-state index in [0.717, 1.165) is 5.75 Å². The molecule has 0 aliphatic carbocycles. The fourth-order valence-corrected chi connectivity index (χ4v) is 1.68. The van der Waals surface area contributed by atoms with Crippen LogP contribution in [0.2, 0.25) is 0 Å². The summed E-state index contributed by atoms with van der Waals surface area (Å²) < 4.78 is 16.4. The monoisotopic (exact) mass is 265 g/mol. The van der Waals surface area contributed by atoms with Gasteiger partial charge in [-0.25, -0.2) is 4.79 Å². The van der Waals surface area contributed by atoms with Crippen LogP contribution in [0.25, 0.3) is 0 Å². The number of carbonyl (C=O) groups is 1. The molecule has 1 aliphatic rings. The largest absolute Gasteiger partial charge is 0.486 e. The first-order valence-corrected chi connectivity index (χ1v) is 6.29. The highest BCUT2D eigenvalue weighted by Gasteiger charge is 2.22. The Morgan fingerprint density at radius 3 is 2.74 bits per heavy atom. The topological polar surface area (TPSA) is 56.8 Å². The lowest BCUT2D eigenvalue weighted by Gasteiger charge is -2.27. The molecule has 0 saturated heterocycles. The Bertz CT molecular complexity index is 453. The van der Waals surface area contributed by atoms with Crippen molar-refractivity contribution >= 4 is 6.09 Å². The van der Waals surface area contributed by atoms with Crippen molar-refractivity contribution in [3.63, 3.8) is 0 Å². The Morgan fingerprint density at radius 1 is 1.37 bits per heavy atom. The number of fused-ring (bicyclic) bond motifs is 1. The lowest BCUT2D eigenvalue weighted by atomic mass is 10.2. The molecular weight excluding hydrogens is 246 g/mol. The van der Waals surface area contributed by atoms with Crippen molar-refractivity contribution in [1.82, 2.24) is 5.32 Å². The van der Waals surface area contributed by atoms with E-state index in [0.29, 0.717) is 18.9 Å². The van der Waals surface area contributed by atoms with E-state index in [1.807, 2.05) is 45.0 Å². The van der Waals surface area contributed by atoms with Gasteiger partial charge in [0.2, 0.25) is 0 Å². The number of rotatable bonds is 2. The van der Waals surface area contributed by atoms with Crippen molar-refractivity contribution in [2.75, 3.05) is 13.2 Å². The summed E-state index contributed by atoms with van der Waals surface area (Å²) in [5, 5.41) is 2.67. The van der Waals surface area contributed by atoms with E-state index in [9.17, 15) is 4.79 Å². The van der Waals surface area contributed by atoms with E-state index < -0.39 is 11.7 Å². The average Bonchev–Trinajstić information content (AvgIpc) is 2.34. The Balaban J connectivity index is 1.81. The van der Waals surface area contributed by atoms with Crippen LogP contribution in [0.5, 0.6) is 11.5 Å². The van der Waals surface area contributed by atoms with E-state index in [2.05, 4.69) is 5.32 Å². The predicted octanol–water partition coefficient (Wildman–Crippen LogP) is 2.35. The predicted molar refractivity (Wildman–Crippen MR) is 70.6 cm³/mol. The molecule has 1 aromatic rings. The average molecular weight is 265 g/mol. The molecule has 1 N–H and O–H groups in total. The first-order chi connectivity index (χ1) is 8.94. The van der Waals surface area contributed by atoms with Crippen LogP contribution in [-0.4, -0.2) is 30.9 Å². The maximum absolute atomic E-state index is 11.5. The molecular formula is C14H19NO4. The molecule has 5 heteroatoms. The summed E-state index contributed by atoms with van der Waals surface area (Å²) in [6, 6.07) is 7.47. The van der Waals surface area contributed by atoms with Crippen molar-refractivity contribution in [3.05, 3.63) is 24.3 Å². The van der Waals surface area contributed by atoms with Crippen molar-refractivity contribution < 1.29 is 19.0 Å². The molecule has 1 heterocycles. The SMILES string of the molecule is CC(C)(C)OC(=O)NC[C@H]1COc2ccccc2O1. The summed E-state index contributed by atoms with van der Waals surface area (Å²) in [5.41, 5.74) is -0.499. The van der Waals surface area contributed by atoms with Gasteiger partial charge in [0.15, 0.2) is 17.6 Å². The third-order valence-corrected chi connectivity index (χ3v) is 2.44. The third kappa shape index (κ3) is 4.05. The lowest BCUT2D eigenvalue weighted by molar-refractivity contribution is 0.0452. The molecule has 0 saturated carbocycles. The van der Waals surface area contributed by atoms with E-state index >= 15 is 0 Å². The minimum absolute atomic E-state index is 0.206. The summed E-state index contributed by atoms with van der Waals surface area (Å²) in [4.78, 5) is 11.5. The summed E-state index contributed by atoms with van der Waals surface area (Å²) in [5.74, 6) is 1.43. The van der Waals surface area contributed by atoms with Crippen LogP contribution in [0, 0.1) is 0 Å². The molecule has 0 bridgehead atoms. The molecule has 0 spiro atoms. The highest BCUT2D eigenvalue weighted by Crippen LogP contribution is 2.30. The van der Waals surface area contributed by atoms with Gasteiger partial charge in [-0.15, -0.1) is 0 Å². The highest BCUT2D eigenvalue weighted by atomic mass is 16.6. The Hall–Kier alpha value is -1.91. The van der Waals surface area contributed by atoms with Crippen LogP contribution in [0.4, 0.5) is 4.79 Å². The van der Waals surface area contributed by atoms with Gasteiger partial charge in [0.05, 0.1) is 6.54 Å². The number of nitrogens with one attached hydrogen (secondary N) is 1. The first-order valence-electron chi connectivity index (χ1n) is 6.29. The first kappa shape index (κ1) is 13.5. The van der Waals surface area contributed by atoms with Crippen LogP contribution in [0.3, 0.4) is 0 Å². The van der Waals surface area contributed by atoms with Crippen molar-refractivity contribution in [3.8, 4) is 11.5 Å². The molecule has 0 aromatic heterocycles. The zero-order valence-electron chi connectivity index (χ0n) is 11.4. The van der Waals surface area contributed by atoms with Gasteiger partial charge < -0.3 is 19.5 Å². The molecule has 1 atom stereocenters. The van der Waals surface area contributed by atoms with Crippen LogP contribution in [0.1, 0.15) is 20.8 Å². The van der Waals surface area contributed by atoms with Crippen LogP contribution < -0.4 is 14.8 Å². The highest BCUT2D eigenvalue weighted by molar-refractivity contribution is 5.67. The number of hydrogen-bond donors (Lipinski definition) is 1. The molecule has 19 heavy (non-hydrogen) atoms. The van der Waals surface area contributed by atoms with Crippen LogP contribution >= 0.6 is 0 Å². The number of benzene rings is 1. The van der Waals surface area contributed by atoms with Crippen molar-refractivity contribution in [2.45, 2.75) is 32.5 Å². The smallest absolute Gasteiger partial charge is 0.407 e. The summed E-state index contributed by atoms with van der Waals surface area (Å²) >= 11 is 0. The maximum Gasteiger partial charge on any atom is 0.407 e. The van der Waals surface area contributed by atoms with Gasteiger partial charge in [-0.3, -0.25) is 0 Å². The Kier molecular flexibility index (Phi) is 3.83. The number of amides is 1. The maximum atomic E-state index is 11.5. The Morgan fingerprint density at radius 2 is 2.05 bits per heavy atom. The van der Waals surface area contributed by atoms with E-state index in [1.54, 1.807) is 0 Å². The molecule has 1 amide bonds. The fraction of sp³-hybridized carbons (Fsp3) is 0.500. The van der Waals surface area contributed by atoms with Gasteiger partial charge in [0.25, 0.3) is 0 Å². The Labute approximate surface area is 112 Å². The molecule has 104 valence electrons. The normalized spacial score (nSPS) is 17.7. The molecule has 0 unspecified atom stereocenters. The molecule has 0 radical (unpaired) electrons. The van der Waals surface area contributed by atoms with Gasteiger partial charge in [0.1, 0.15) is 12.2 Å². The second kappa shape index (κ2) is 5.38. The van der Waals surface area contributed by atoms with Gasteiger partial charge in [-0.2, -0.15) is 0 Å². The number of para-hydroxylation sites is 2. The summed E-state index contributed by atoms with van der Waals surface area (Å²) in [6.45, 7) is 6.23. The van der Waals surface area contributed by atoms with Crippen molar-refractivity contribution in [1.29, 1.82) is 0 Å². The van der Waals surface area contributed by atoms with E-state index in [4.69, 9.17) is 14.2 Å². The number of ether oxygens (including phenoxy) is 3. The van der Waals surface area contributed by atoms with Crippen LogP contribution in [-0.2, 0) is 4.74 Å². The van der Waals surface area contributed by atoms with Crippen molar-refractivity contribution in [2.24, 2.45) is 0 Å². The number of alkyl carbamates (subject to hydrolysis) is 1. The zero-order chi connectivity index (χ0) is 13.9. The standard InChI is InChI=1S/C14H19NO4/c1-14(2,3)19-13(16)15-8-10-9-17-11-6-4-5-7-12(11)18-10/h4-7,10H,8-9H2,1-3H3,(H,15,16)/t10-/m0/s1. The molecule has 1 aliphatic heterocycles. The molecule has 1 aromatic carbocycles. The summed E-state index contributed by atoms with van der Waals surface area (Å²) in [7, 11) is 0. The zero-order valence-corrected chi connectivity index (χ0v) is 11.4. The number of hydrogen-bond acceptors (Lipinski definition) is 4. The van der Waals surface area contributed by atoms with Gasteiger partial charge in [-0.05, 0) is 32.9 Å². The second-order valence-electron chi connectivity index (χ2n) is 5.38. The minimum Gasteiger partial charge on any atom is -0.486 e. The van der Waals surface area contributed by atoms with E-state index in [-0.39, 0.29) is 6.10 Å². The fourth-order valence-electron chi connectivity index (χ4n) is 1.68. The quantitative estimate of drug-likeness (QED) is 0.891. The van der Waals surface area contributed by atoms with Gasteiger partial charge in [-0.1, -0.05) is 12.1 Å². The molecule has 0 fully saturated rings. The van der Waals surface area contributed by atoms with Crippen LogP contribution in [0.15, 0.2) is 24.3 Å². The third-order valence-electron chi connectivity index (χ3n) is 2.44. The summed E-state index contributed by atoms with van der Waals surface area (Å²) in [6.07, 6.45) is -0.655. The lowest BCUT2D eigenvalue weighted by Crippen LogP contribution is -2.42. The van der Waals surface area contributed by atoms with Gasteiger partial charge >= 0.3 is 6.09 Å². The second-order valence-corrected chi connectivity index (χ2v) is 5.38. The van der Waals surface area contributed by atoms with Gasteiger partial charge in [0, 0.05) is 0 Å². The minimum atomic E-state index is -0.499. The number of carbonyl (C=O) groups excluding carboxylic acids is 1. The molecule has 2 rings (SSSR count).